The quantitative estimate of drug-likeness (QED) is 0.527. The van der Waals surface area contributed by atoms with Crippen LogP contribution in [-0.2, 0) is 0 Å². The predicted molar refractivity (Wildman–Crippen MR) is 99.2 cm³/mol. The highest BCUT2D eigenvalue weighted by Crippen LogP contribution is 2.36. The lowest BCUT2D eigenvalue weighted by molar-refractivity contribution is 0.412. The van der Waals surface area contributed by atoms with Crippen molar-refractivity contribution in [3.63, 3.8) is 0 Å². The highest BCUT2D eigenvalue weighted by Gasteiger charge is 2.13. The third-order valence-corrected chi connectivity index (χ3v) is 5.00. The Morgan fingerprint density at radius 3 is 2.48 bits per heavy atom. The number of benzene rings is 2. The normalized spacial score (nSPS) is 12.0. The monoisotopic (exact) mass is 475 g/mol. The summed E-state index contributed by atoms with van der Waals surface area (Å²) in [5, 5.41) is 3.57. The standard InChI is InChI=1S/C16H16Br3NO/c1-3-14(10-5-4-6-11(17)7-10)20-15-9-16(21-2)13(19)8-12(15)18/h4-9,14,20H,3H2,1-2H3. The van der Waals surface area contributed by atoms with Crippen LogP contribution in [0, 0.1) is 0 Å². The second-order valence-electron chi connectivity index (χ2n) is 4.63. The van der Waals surface area contributed by atoms with Gasteiger partial charge in [-0.25, -0.2) is 0 Å². The van der Waals surface area contributed by atoms with Gasteiger partial charge in [-0.15, -0.1) is 0 Å². The summed E-state index contributed by atoms with van der Waals surface area (Å²) in [5.74, 6) is 0.810. The number of methoxy groups -OCH3 is 1. The van der Waals surface area contributed by atoms with E-state index in [0.717, 1.165) is 31.3 Å². The van der Waals surface area contributed by atoms with E-state index >= 15 is 0 Å². The molecule has 0 heterocycles. The molecule has 2 nitrogen and oxygen atoms in total. The van der Waals surface area contributed by atoms with E-state index in [2.05, 4.69) is 78.2 Å². The largest absolute Gasteiger partial charge is 0.495 e. The lowest BCUT2D eigenvalue weighted by atomic mass is 10.0. The summed E-state index contributed by atoms with van der Waals surface area (Å²) in [6, 6.07) is 12.6. The van der Waals surface area contributed by atoms with Gasteiger partial charge in [0.1, 0.15) is 5.75 Å². The summed E-state index contributed by atoms with van der Waals surface area (Å²) in [6.07, 6.45) is 0.987. The van der Waals surface area contributed by atoms with Crippen molar-refractivity contribution in [2.45, 2.75) is 19.4 Å². The van der Waals surface area contributed by atoms with E-state index in [1.165, 1.54) is 5.56 Å². The molecule has 0 fully saturated rings. The SMILES string of the molecule is CCC(Nc1cc(OC)c(Br)cc1Br)c1cccc(Br)c1. The third-order valence-electron chi connectivity index (χ3n) is 3.23. The molecule has 2 aromatic carbocycles. The first-order chi connectivity index (χ1) is 10.0. The van der Waals surface area contributed by atoms with Gasteiger partial charge in [0, 0.05) is 15.0 Å². The topological polar surface area (TPSA) is 21.3 Å². The molecule has 0 aliphatic carbocycles. The minimum Gasteiger partial charge on any atom is -0.495 e. The summed E-state index contributed by atoms with van der Waals surface area (Å²) >= 11 is 10.6. The van der Waals surface area contributed by atoms with Crippen molar-refractivity contribution in [1.82, 2.24) is 0 Å². The van der Waals surface area contributed by atoms with Crippen LogP contribution in [0.1, 0.15) is 24.9 Å². The average Bonchev–Trinajstić information content (AvgIpc) is 2.46. The molecule has 0 amide bonds. The van der Waals surface area contributed by atoms with E-state index in [4.69, 9.17) is 4.74 Å². The average molecular weight is 478 g/mol. The number of ether oxygens (including phenoxy) is 1. The van der Waals surface area contributed by atoms with Crippen LogP contribution >= 0.6 is 47.8 Å². The zero-order chi connectivity index (χ0) is 15.4. The van der Waals surface area contributed by atoms with Gasteiger partial charge in [-0.3, -0.25) is 0 Å². The van der Waals surface area contributed by atoms with Gasteiger partial charge in [0.25, 0.3) is 0 Å². The fraction of sp³-hybridized carbons (Fsp3) is 0.250. The van der Waals surface area contributed by atoms with Crippen molar-refractivity contribution in [2.75, 3.05) is 12.4 Å². The van der Waals surface area contributed by atoms with Crippen LogP contribution < -0.4 is 10.1 Å². The fourth-order valence-electron chi connectivity index (χ4n) is 2.13. The number of halogens is 3. The van der Waals surface area contributed by atoms with E-state index in [0.29, 0.717) is 0 Å². The first kappa shape index (κ1) is 16.8. The number of hydrogen-bond acceptors (Lipinski definition) is 2. The van der Waals surface area contributed by atoms with Crippen molar-refractivity contribution >= 4 is 53.5 Å². The summed E-state index contributed by atoms with van der Waals surface area (Å²) in [6.45, 7) is 2.17. The molecular weight excluding hydrogens is 462 g/mol. The molecule has 0 spiro atoms. The maximum absolute atomic E-state index is 5.37. The molecule has 1 N–H and O–H groups in total. The van der Waals surface area contributed by atoms with E-state index in [9.17, 15) is 0 Å². The molecule has 0 bridgehead atoms. The molecule has 0 aliphatic heterocycles. The van der Waals surface area contributed by atoms with Gasteiger partial charge in [-0.1, -0.05) is 35.0 Å². The van der Waals surface area contributed by atoms with Crippen molar-refractivity contribution in [1.29, 1.82) is 0 Å². The fourth-order valence-corrected chi connectivity index (χ4v) is 3.82. The molecule has 1 unspecified atom stereocenters. The molecule has 0 aromatic heterocycles. The molecule has 0 saturated carbocycles. The van der Waals surface area contributed by atoms with Crippen LogP contribution in [0.3, 0.4) is 0 Å². The highest BCUT2D eigenvalue weighted by atomic mass is 79.9. The van der Waals surface area contributed by atoms with E-state index < -0.39 is 0 Å². The van der Waals surface area contributed by atoms with Crippen LogP contribution in [0.15, 0.2) is 49.8 Å². The summed E-state index contributed by atoms with van der Waals surface area (Å²) in [4.78, 5) is 0. The first-order valence-corrected chi connectivity index (χ1v) is 8.98. The molecule has 21 heavy (non-hydrogen) atoms. The number of hydrogen-bond donors (Lipinski definition) is 1. The van der Waals surface area contributed by atoms with Gasteiger partial charge < -0.3 is 10.1 Å². The van der Waals surface area contributed by atoms with E-state index in [1.54, 1.807) is 7.11 Å². The minimum absolute atomic E-state index is 0.240. The Morgan fingerprint density at radius 1 is 1.10 bits per heavy atom. The second kappa shape index (κ2) is 7.65. The van der Waals surface area contributed by atoms with Gasteiger partial charge in [0.2, 0.25) is 0 Å². The maximum atomic E-state index is 5.37. The lowest BCUT2D eigenvalue weighted by Gasteiger charge is -2.21. The Balaban J connectivity index is 2.30. The van der Waals surface area contributed by atoms with Crippen LogP contribution in [0.25, 0.3) is 0 Å². The molecule has 112 valence electrons. The third kappa shape index (κ3) is 4.24. The number of nitrogens with one attached hydrogen (secondary N) is 1. The van der Waals surface area contributed by atoms with Crippen molar-refractivity contribution in [3.05, 3.63) is 55.4 Å². The Hall–Kier alpha value is -0.520. The zero-order valence-electron chi connectivity index (χ0n) is 11.8. The van der Waals surface area contributed by atoms with Gasteiger partial charge in [-0.05, 0) is 62.0 Å². The van der Waals surface area contributed by atoms with Gasteiger partial charge >= 0.3 is 0 Å². The highest BCUT2D eigenvalue weighted by molar-refractivity contribution is 9.11. The summed E-state index contributed by atoms with van der Waals surface area (Å²) < 4.78 is 8.39. The summed E-state index contributed by atoms with van der Waals surface area (Å²) in [7, 11) is 1.67. The molecular formula is C16H16Br3NO. The number of rotatable bonds is 5. The Morgan fingerprint density at radius 2 is 1.86 bits per heavy atom. The van der Waals surface area contributed by atoms with E-state index in [1.807, 2.05) is 18.2 Å². The maximum Gasteiger partial charge on any atom is 0.135 e. The predicted octanol–water partition coefficient (Wildman–Crippen LogP) is 6.55. The molecule has 1 atom stereocenters. The molecule has 2 aromatic rings. The lowest BCUT2D eigenvalue weighted by Crippen LogP contribution is -2.10. The second-order valence-corrected chi connectivity index (χ2v) is 7.25. The van der Waals surface area contributed by atoms with Gasteiger partial charge in [0.05, 0.1) is 23.3 Å². The molecule has 0 aliphatic rings. The Labute approximate surface area is 150 Å². The molecule has 0 radical (unpaired) electrons. The van der Waals surface area contributed by atoms with Crippen LogP contribution in [0.5, 0.6) is 5.75 Å². The van der Waals surface area contributed by atoms with Crippen molar-refractivity contribution in [3.8, 4) is 5.75 Å². The van der Waals surface area contributed by atoms with Crippen molar-refractivity contribution in [2.24, 2.45) is 0 Å². The smallest absolute Gasteiger partial charge is 0.135 e. The number of anilines is 1. The van der Waals surface area contributed by atoms with Crippen LogP contribution in [0.2, 0.25) is 0 Å². The van der Waals surface area contributed by atoms with Crippen LogP contribution in [-0.4, -0.2) is 7.11 Å². The van der Waals surface area contributed by atoms with E-state index in [-0.39, 0.29) is 6.04 Å². The summed E-state index contributed by atoms with van der Waals surface area (Å²) in [5.41, 5.74) is 2.27. The molecule has 5 heteroatoms. The van der Waals surface area contributed by atoms with Gasteiger partial charge in [0.15, 0.2) is 0 Å². The van der Waals surface area contributed by atoms with Gasteiger partial charge in [-0.2, -0.15) is 0 Å². The molecule has 0 saturated heterocycles. The molecule has 2 rings (SSSR count). The minimum atomic E-state index is 0.240. The Kier molecular flexibility index (Phi) is 6.14. The van der Waals surface area contributed by atoms with Crippen LogP contribution in [0.4, 0.5) is 5.69 Å². The first-order valence-electron chi connectivity index (χ1n) is 6.60. The Bertz CT molecular complexity index is 631. The van der Waals surface area contributed by atoms with Crippen molar-refractivity contribution < 1.29 is 4.74 Å². The zero-order valence-corrected chi connectivity index (χ0v) is 16.5.